The summed E-state index contributed by atoms with van der Waals surface area (Å²) in [5.74, 6) is 0.543. The van der Waals surface area contributed by atoms with E-state index in [-0.39, 0.29) is 5.75 Å². The quantitative estimate of drug-likeness (QED) is 0.715. The number of pyridine rings is 1. The van der Waals surface area contributed by atoms with Gasteiger partial charge in [-0.05, 0) is 17.6 Å². The Morgan fingerprint density at radius 3 is 2.18 bits per heavy atom. The van der Waals surface area contributed by atoms with Gasteiger partial charge in [0.1, 0.15) is 11.4 Å². The SMILES string of the molecule is CC(C)c1nc(/C=C/c2ccccc2)c(O)c2ccccc12. The lowest BCUT2D eigenvalue weighted by molar-refractivity contribution is 0.477. The predicted octanol–water partition coefficient (Wildman–Crippen LogP) is 5.23. The van der Waals surface area contributed by atoms with E-state index < -0.39 is 0 Å². The number of nitrogens with zero attached hydrogens (tertiary/aromatic N) is 1. The van der Waals surface area contributed by atoms with Crippen molar-refractivity contribution >= 4 is 22.9 Å². The van der Waals surface area contributed by atoms with Crippen molar-refractivity contribution in [3.8, 4) is 5.75 Å². The van der Waals surface area contributed by atoms with Crippen molar-refractivity contribution in [1.82, 2.24) is 4.98 Å². The topological polar surface area (TPSA) is 33.1 Å². The predicted molar refractivity (Wildman–Crippen MR) is 92.9 cm³/mol. The Labute approximate surface area is 130 Å². The van der Waals surface area contributed by atoms with Crippen molar-refractivity contribution in [3.05, 3.63) is 71.5 Å². The van der Waals surface area contributed by atoms with Crippen LogP contribution in [0.3, 0.4) is 0 Å². The van der Waals surface area contributed by atoms with Crippen molar-refractivity contribution in [2.24, 2.45) is 0 Å². The van der Waals surface area contributed by atoms with Crippen LogP contribution in [0.15, 0.2) is 54.6 Å². The molecular formula is C20H19NO. The van der Waals surface area contributed by atoms with Crippen LogP contribution < -0.4 is 0 Å². The van der Waals surface area contributed by atoms with Gasteiger partial charge >= 0.3 is 0 Å². The Hall–Kier alpha value is -2.61. The number of aromatic nitrogens is 1. The summed E-state index contributed by atoms with van der Waals surface area (Å²) < 4.78 is 0. The molecule has 0 radical (unpaired) electrons. The van der Waals surface area contributed by atoms with Crippen LogP contribution in [0.2, 0.25) is 0 Å². The number of hydrogen-bond donors (Lipinski definition) is 1. The fourth-order valence-corrected chi connectivity index (χ4v) is 2.59. The second-order valence-electron chi connectivity index (χ2n) is 5.68. The molecule has 0 saturated carbocycles. The molecule has 0 amide bonds. The van der Waals surface area contributed by atoms with Crippen molar-refractivity contribution < 1.29 is 5.11 Å². The number of hydrogen-bond acceptors (Lipinski definition) is 2. The van der Waals surface area contributed by atoms with Gasteiger partial charge in [0, 0.05) is 10.8 Å². The third kappa shape index (κ3) is 2.73. The molecule has 0 unspecified atom stereocenters. The lowest BCUT2D eigenvalue weighted by Gasteiger charge is -2.12. The lowest BCUT2D eigenvalue weighted by atomic mass is 10.00. The summed E-state index contributed by atoms with van der Waals surface area (Å²) in [4.78, 5) is 4.68. The highest BCUT2D eigenvalue weighted by atomic mass is 16.3. The van der Waals surface area contributed by atoms with Gasteiger partial charge < -0.3 is 5.11 Å². The maximum atomic E-state index is 10.5. The zero-order valence-corrected chi connectivity index (χ0v) is 12.8. The van der Waals surface area contributed by atoms with Crippen LogP contribution in [0, 0.1) is 0 Å². The van der Waals surface area contributed by atoms with E-state index in [1.807, 2.05) is 66.7 Å². The van der Waals surface area contributed by atoms with Crippen LogP contribution in [0.1, 0.15) is 36.7 Å². The molecule has 2 heteroatoms. The minimum atomic E-state index is 0.243. The largest absolute Gasteiger partial charge is 0.505 e. The first-order valence-corrected chi connectivity index (χ1v) is 7.51. The van der Waals surface area contributed by atoms with E-state index >= 15 is 0 Å². The van der Waals surface area contributed by atoms with Gasteiger partial charge in [0.25, 0.3) is 0 Å². The molecule has 0 saturated heterocycles. The Kier molecular flexibility index (Phi) is 3.92. The van der Waals surface area contributed by atoms with Gasteiger partial charge in [0.05, 0.1) is 5.69 Å². The van der Waals surface area contributed by atoms with E-state index in [1.54, 1.807) is 0 Å². The second-order valence-corrected chi connectivity index (χ2v) is 5.68. The van der Waals surface area contributed by atoms with Crippen LogP contribution in [0.25, 0.3) is 22.9 Å². The van der Waals surface area contributed by atoms with Crippen LogP contribution in [0.4, 0.5) is 0 Å². The molecule has 2 aromatic carbocycles. The summed E-state index contributed by atoms with van der Waals surface area (Å²) in [5.41, 5.74) is 2.72. The highest BCUT2D eigenvalue weighted by Gasteiger charge is 2.13. The van der Waals surface area contributed by atoms with Crippen molar-refractivity contribution in [3.63, 3.8) is 0 Å². The molecule has 22 heavy (non-hydrogen) atoms. The molecule has 110 valence electrons. The minimum absolute atomic E-state index is 0.243. The van der Waals surface area contributed by atoms with Crippen LogP contribution in [-0.4, -0.2) is 10.1 Å². The van der Waals surface area contributed by atoms with E-state index in [9.17, 15) is 5.11 Å². The molecule has 3 rings (SSSR count). The smallest absolute Gasteiger partial charge is 0.149 e. The fourth-order valence-electron chi connectivity index (χ4n) is 2.59. The zero-order chi connectivity index (χ0) is 15.5. The Morgan fingerprint density at radius 1 is 0.864 bits per heavy atom. The molecule has 0 bridgehead atoms. The molecule has 0 fully saturated rings. The van der Waals surface area contributed by atoms with Crippen molar-refractivity contribution in [2.75, 3.05) is 0 Å². The fraction of sp³-hybridized carbons (Fsp3) is 0.150. The summed E-state index contributed by atoms with van der Waals surface area (Å²) in [6.07, 6.45) is 3.85. The highest BCUT2D eigenvalue weighted by Crippen LogP contribution is 2.33. The number of rotatable bonds is 3. The zero-order valence-electron chi connectivity index (χ0n) is 12.8. The van der Waals surface area contributed by atoms with Gasteiger partial charge in [-0.1, -0.05) is 74.5 Å². The van der Waals surface area contributed by atoms with E-state index in [1.165, 1.54) is 0 Å². The van der Waals surface area contributed by atoms with E-state index in [4.69, 9.17) is 0 Å². The molecule has 0 aliphatic carbocycles. The van der Waals surface area contributed by atoms with Gasteiger partial charge in [-0.3, -0.25) is 0 Å². The first kappa shape index (κ1) is 14.3. The second kappa shape index (κ2) is 6.02. The summed E-state index contributed by atoms with van der Waals surface area (Å²) in [7, 11) is 0. The normalized spacial score (nSPS) is 11.6. The van der Waals surface area contributed by atoms with E-state index in [0.29, 0.717) is 11.6 Å². The average molecular weight is 289 g/mol. The first-order chi connectivity index (χ1) is 10.7. The standard InChI is InChI=1S/C20H19NO/c1-14(2)19-16-10-6-7-11-17(16)20(22)18(21-19)13-12-15-8-4-3-5-9-15/h3-14,22H,1-2H3/b13-12+. The maximum absolute atomic E-state index is 10.5. The highest BCUT2D eigenvalue weighted by molar-refractivity contribution is 5.93. The lowest BCUT2D eigenvalue weighted by Crippen LogP contribution is -1.97. The third-order valence-corrected chi connectivity index (χ3v) is 3.72. The van der Waals surface area contributed by atoms with Crippen LogP contribution in [-0.2, 0) is 0 Å². The summed E-state index contributed by atoms with van der Waals surface area (Å²) in [5, 5.41) is 12.4. The summed E-state index contributed by atoms with van der Waals surface area (Å²) in [6, 6.07) is 17.9. The monoisotopic (exact) mass is 289 g/mol. The van der Waals surface area contributed by atoms with Gasteiger partial charge in [-0.15, -0.1) is 0 Å². The van der Waals surface area contributed by atoms with Gasteiger partial charge in [0.2, 0.25) is 0 Å². The molecule has 3 aromatic rings. The number of fused-ring (bicyclic) bond motifs is 1. The van der Waals surface area contributed by atoms with Gasteiger partial charge in [-0.25, -0.2) is 4.98 Å². The molecular weight excluding hydrogens is 270 g/mol. The first-order valence-electron chi connectivity index (χ1n) is 7.51. The third-order valence-electron chi connectivity index (χ3n) is 3.72. The minimum Gasteiger partial charge on any atom is -0.505 e. The summed E-state index contributed by atoms with van der Waals surface area (Å²) in [6.45, 7) is 4.24. The Balaban J connectivity index is 2.14. The number of benzene rings is 2. The van der Waals surface area contributed by atoms with Crippen LogP contribution in [0.5, 0.6) is 5.75 Å². The van der Waals surface area contributed by atoms with Crippen molar-refractivity contribution in [1.29, 1.82) is 0 Å². The van der Waals surface area contributed by atoms with Gasteiger partial charge in [0.15, 0.2) is 0 Å². The van der Waals surface area contributed by atoms with Crippen LogP contribution >= 0.6 is 0 Å². The number of aromatic hydroxyl groups is 1. The Morgan fingerprint density at radius 2 is 1.50 bits per heavy atom. The maximum Gasteiger partial charge on any atom is 0.149 e. The molecule has 1 N–H and O–H groups in total. The summed E-state index contributed by atoms with van der Waals surface area (Å²) >= 11 is 0. The molecule has 1 aromatic heterocycles. The molecule has 0 aliphatic rings. The average Bonchev–Trinajstić information content (AvgIpc) is 2.55. The molecule has 0 spiro atoms. The van der Waals surface area contributed by atoms with Gasteiger partial charge in [-0.2, -0.15) is 0 Å². The molecule has 0 aliphatic heterocycles. The van der Waals surface area contributed by atoms with E-state index in [0.717, 1.165) is 22.0 Å². The Bertz CT molecular complexity index is 820. The van der Waals surface area contributed by atoms with Crippen molar-refractivity contribution in [2.45, 2.75) is 19.8 Å². The molecule has 0 atom stereocenters. The molecule has 2 nitrogen and oxygen atoms in total. The van der Waals surface area contributed by atoms with E-state index in [2.05, 4.69) is 18.8 Å². The molecule has 1 heterocycles.